The summed E-state index contributed by atoms with van der Waals surface area (Å²) in [5.74, 6) is -0.474. The fourth-order valence-electron chi connectivity index (χ4n) is 5.53. The summed E-state index contributed by atoms with van der Waals surface area (Å²) in [6.45, 7) is 7.35. The molecule has 5 aromatic rings. The third-order valence-electron chi connectivity index (χ3n) is 8.15. The van der Waals surface area contributed by atoms with Crippen LogP contribution < -0.4 is 16.4 Å². The lowest BCUT2D eigenvalue weighted by Crippen LogP contribution is -2.40. The molecule has 0 saturated carbocycles. The SMILES string of the molecule is Cn1nc(-c2cccc(-n3ncc4cc(C(C)(C)C)cc(F)c4c3=O)c2[14CH2]O)cc(Nc2ccc(C(=O)N3CCOCC3)cn2)c1=O. The molecule has 0 unspecified atom stereocenters. The third kappa shape index (κ3) is 6.14. The monoisotopic (exact) mass is 641 g/mol. The Kier molecular flexibility index (Phi) is 8.43. The number of ether oxygens (including phenoxy) is 1. The zero-order chi connectivity index (χ0) is 33.5. The van der Waals surface area contributed by atoms with E-state index in [-0.39, 0.29) is 28.1 Å². The first-order valence-electron chi connectivity index (χ1n) is 15.1. The Morgan fingerprint density at radius 3 is 2.49 bits per heavy atom. The number of pyridine rings is 1. The third-order valence-corrected chi connectivity index (χ3v) is 8.15. The first kappa shape index (κ1) is 31.7. The van der Waals surface area contributed by atoms with Gasteiger partial charge in [-0.15, -0.1) is 0 Å². The zero-order valence-corrected chi connectivity index (χ0v) is 26.5. The van der Waals surface area contributed by atoms with Gasteiger partial charge in [0.15, 0.2) is 0 Å². The van der Waals surface area contributed by atoms with Crippen LogP contribution in [0.15, 0.2) is 70.5 Å². The highest BCUT2D eigenvalue weighted by Gasteiger charge is 2.22. The maximum Gasteiger partial charge on any atom is 0.290 e. The van der Waals surface area contributed by atoms with Gasteiger partial charge in [0, 0.05) is 42.8 Å². The molecule has 242 valence electrons. The van der Waals surface area contributed by atoms with Crippen LogP contribution in [0.2, 0.25) is 0 Å². The van der Waals surface area contributed by atoms with Crippen LogP contribution in [-0.4, -0.2) is 66.8 Å². The number of halogens is 1. The number of aryl methyl sites for hydroxylation is 1. The van der Waals surface area contributed by atoms with Crippen LogP contribution in [0, 0.1) is 5.82 Å². The Morgan fingerprint density at radius 2 is 1.81 bits per heavy atom. The summed E-state index contributed by atoms with van der Waals surface area (Å²) in [5, 5.41) is 22.5. The predicted molar refractivity (Wildman–Crippen MR) is 175 cm³/mol. The Morgan fingerprint density at radius 1 is 1.04 bits per heavy atom. The number of rotatable bonds is 6. The number of nitrogens with one attached hydrogen (secondary N) is 1. The molecule has 1 saturated heterocycles. The minimum Gasteiger partial charge on any atom is -0.392 e. The summed E-state index contributed by atoms with van der Waals surface area (Å²) in [5.41, 5.74) is 1.12. The number of aliphatic hydroxyl groups is 1. The molecular weight excluding hydrogens is 607 g/mol. The topological polar surface area (TPSA) is 144 Å². The van der Waals surface area contributed by atoms with E-state index in [9.17, 15) is 19.5 Å². The van der Waals surface area contributed by atoms with Crippen LogP contribution in [0.3, 0.4) is 0 Å². The highest BCUT2D eigenvalue weighted by molar-refractivity contribution is 5.94. The second kappa shape index (κ2) is 12.5. The highest BCUT2D eigenvalue weighted by Crippen LogP contribution is 2.30. The molecule has 0 atom stereocenters. The van der Waals surface area contributed by atoms with Crippen LogP contribution in [0.4, 0.5) is 15.9 Å². The van der Waals surface area contributed by atoms with E-state index < -0.39 is 23.5 Å². The quantitative estimate of drug-likeness (QED) is 0.284. The van der Waals surface area contributed by atoms with Crippen LogP contribution in [0.1, 0.15) is 42.3 Å². The summed E-state index contributed by atoms with van der Waals surface area (Å²) in [6, 6.07) is 12.8. The smallest absolute Gasteiger partial charge is 0.290 e. The first-order valence-corrected chi connectivity index (χ1v) is 15.1. The lowest BCUT2D eigenvalue weighted by atomic mass is 9.86. The number of anilines is 2. The molecule has 0 aliphatic carbocycles. The van der Waals surface area contributed by atoms with Crippen LogP contribution >= 0.6 is 0 Å². The van der Waals surface area contributed by atoms with Gasteiger partial charge in [0.05, 0.1) is 48.3 Å². The van der Waals surface area contributed by atoms with E-state index >= 15 is 4.39 Å². The number of hydrogen-bond acceptors (Lipinski definition) is 9. The number of aliphatic hydroxyl groups excluding tert-OH is 1. The van der Waals surface area contributed by atoms with E-state index in [1.807, 2.05) is 20.8 Å². The second-order valence-corrected chi connectivity index (χ2v) is 12.3. The van der Waals surface area contributed by atoms with E-state index in [4.69, 9.17) is 4.74 Å². The fraction of sp³-hybridized carbons (Fsp3) is 0.294. The maximum absolute atomic E-state index is 15.3. The van der Waals surface area contributed by atoms with Crippen molar-refractivity contribution in [3.05, 3.63) is 104 Å². The summed E-state index contributed by atoms with van der Waals surface area (Å²) in [4.78, 5) is 45.5. The number of benzene rings is 2. The van der Waals surface area contributed by atoms with Crippen molar-refractivity contribution in [1.29, 1.82) is 0 Å². The molecule has 3 aromatic heterocycles. The normalized spacial score (nSPS) is 13.6. The Hall–Kier alpha value is -5.27. The van der Waals surface area contributed by atoms with Crippen LogP contribution in [0.25, 0.3) is 27.7 Å². The molecule has 2 aromatic carbocycles. The zero-order valence-electron chi connectivity index (χ0n) is 26.5. The van der Waals surface area contributed by atoms with Crippen molar-refractivity contribution in [3.8, 4) is 16.9 Å². The second-order valence-electron chi connectivity index (χ2n) is 12.3. The molecule has 4 heterocycles. The van der Waals surface area contributed by atoms with Crippen molar-refractivity contribution in [1.82, 2.24) is 29.4 Å². The van der Waals surface area contributed by atoms with Crippen molar-refractivity contribution in [2.45, 2.75) is 32.8 Å². The van der Waals surface area contributed by atoms with Gasteiger partial charge in [0.2, 0.25) is 0 Å². The number of nitrogens with zero attached hydrogens (tertiary/aromatic N) is 6. The molecule has 12 nitrogen and oxygen atoms in total. The molecule has 13 heteroatoms. The van der Waals surface area contributed by atoms with E-state index in [2.05, 4.69) is 20.5 Å². The minimum atomic E-state index is -0.676. The molecule has 6 rings (SSSR count). The number of carbonyl (C=O) groups excluding carboxylic acids is 1. The summed E-state index contributed by atoms with van der Waals surface area (Å²) in [6.07, 6.45) is 2.88. The largest absolute Gasteiger partial charge is 0.392 e. The molecule has 1 aliphatic rings. The van der Waals surface area contributed by atoms with Crippen LogP contribution in [0.5, 0.6) is 0 Å². The van der Waals surface area contributed by atoms with E-state index in [1.54, 1.807) is 41.3 Å². The van der Waals surface area contributed by atoms with Crippen LogP contribution in [-0.2, 0) is 23.8 Å². The van der Waals surface area contributed by atoms with Crippen molar-refractivity contribution in [3.63, 3.8) is 0 Å². The van der Waals surface area contributed by atoms with E-state index in [0.29, 0.717) is 59.9 Å². The number of amides is 1. The molecule has 47 heavy (non-hydrogen) atoms. The van der Waals surface area contributed by atoms with Gasteiger partial charge in [-0.25, -0.2) is 14.1 Å². The number of aromatic nitrogens is 5. The standard InChI is InChI=1S/C34H34FN7O5/c1-34(2,3)22-14-21-18-37-42(33(46)30(21)25(35)15-22)28-7-5-6-23(24(28)19-43)26-16-27(32(45)40(4)39-26)38-29-9-8-20(17-36-29)31(44)41-10-12-47-13-11-41/h5-9,14-18,43H,10-13,19H2,1-4H3,(H,36,38)/i19+2. The molecule has 0 bridgehead atoms. The van der Waals surface area contributed by atoms with Crippen molar-refractivity contribution < 1.29 is 19.0 Å². The molecule has 1 fully saturated rings. The first-order chi connectivity index (χ1) is 22.5. The Balaban J connectivity index is 1.36. The number of hydrogen-bond donors (Lipinski definition) is 2. The van der Waals surface area contributed by atoms with Gasteiger partial charge in [-0.3, -0.25) is 14.4 Å². The molecule has 1 amide bonds. The van der Waals surface area contributed by atoms with Gasteiger partial charge in [-0.2, -0.15) is 14.9 Å². The minimum absolute atomic E-state index is 0.112. The average Bonchev–Trinajstić information content (AvgIpc) is 3.06. The number of carbonyl (C=O) groups is 1. The van der Waals surface area contributed by atoms with Crippen molar-refractivity contribution >= 4 is 28.2 Å². The Bertz CT molecular complexity index is 2110. The summed E-state index contributed by atoms with van der Waals surface area (Å²) < 4.78 is 22.9. The predicted octanol–water partition coefficient (Wildman–Crippen LogP) is 3.69. The van der Waals surface area contributed by atoms with Crippen molar-refractivity contribution in [2.75, 3.05) is 31.6 Å². The molecule has 1 aliphatic heterocycles. The lowest BCUT2D eigenvalue weighted by Gasteiger charge is -2.26. The highest BCUT2D eigenvalue weighted by atomic mass is 19.1. The van der Waals surface area contributed by atoms with E-state index in [0.717, 1.165) is 14.9 Å². The summed E-state index contributed by atoms with van der Waals surface area (Å²) in [7, 11) is 1.49. The number of fused-ring (bicyclic) bond motifs is 1. The van der Waals surface area contributed by atoms with Gasteiger partial charge >= 0.3 is 0 Å². The lowest BCUT2D eigenvalue weighted by molar-refractivity contribution is 0.0302. The van der Waals surface area contributed by atoms with Gasteiger partial charge in [-0.1, -0.05) is 32.9 Å². The molecule has 2 N–H and O–H groups in total. The molecule has 0 spiro atoms. The van der Waals surface area contributed by atoms with Crippen molar-refractivity contribution in [2.24, 2.45) is 7.05 Å². The van der Waals surface area contributed by atoms with Gasteiger partial charge in [0.1, 0.15) is 17.3 Å². The van der Waals surface area contributed by atoms with Gasteiger partial charge < -0.3 is 20.1 Å². The van der Waals surface area contributed by atoms with Gasteiger partial charge in [-0.05, 0) is 47.4 Å². The fourth-order valence-corrected chi connectivity index (χ4v) is 5.53. The maximum atomic E-state index is 15.3. The molecule has 0 radical (unpaired) electrons. The summed E-state index contributed by atoms with van der Waals surface area (Å²) >= 11 is 0. The number of morpholine rings is 1. The van der Waals surface area contributed by atoms with E-state index in [1.165, 1.54) is 31.6 Å². The molecular formula is C34H34FN7O5. The Labute approximate surface area is 269 Å². The average molecular weight is 642 g/mol. The van der Waals surface area contributed by atoms with Gasteiger partial charge in [0.25, 0.3) is 17.0 Å².